The maximum Gasteiger partial charge on any atom is 0.419 e. The number of benzene rings is 1. The topological polar surface area (TPSA) is 46.3 Å². The molecule has 1 rings (SSSR count). The second kappa shape index (κ2) is 6.89. The van der Waals surface area contributed by atoms with E-state index >= 15 is 0 Å². The molecule has 1 aromatic rings. The normalized spacial score (nSPS) is 11.8. The molecule has 0 bridgehead atoms. The van der Waals surface area contributed by atoms with Gasteiger partial charge in [0.25, 0.3) is 5.91 Å². The average molecular weight is 306 g/mol. The highest BCUT2D eigenvalue weighted by atomic mass is 19.4. The first-order valence-corrected chi connectivity index (χ1v) is 6.56. The zero-order valence-electron chi connectivity index (χ0n) is 11.9. The number of halogens is 4. The van der Waals surface area contributed by atoms with Crippen LogP contribution < -0.4 is 5.73 Å². The van der Waals surface area contributed by atoms with Gasteiger partial charge in [-0.2, -0.15) is 13.2 Å². The van der Waals surface area contributed by atoms with Crippen molar-refractivity contribution in [2.24, 2.45) is 5.73 Å². The van der Waals surface area contributed by atoms with Gasteiger partial charge in [-0.05, 0) is 45.0 Å². The summed E-state index contributed by atoms with van der Waals surface area (Å²) in [6, 6.07) is 2.08. The van der Waals surface area contributed by atoms with E-state index in [2.05, 4.69) is 0 Å². The Bertz CT molecular complexity index is 500. The molecule has 1 amide bonds. The highest BCUT2D eigenvalue weighted by Gasteiger charge is 2.35. The summed E-state index contributed by atoms with van der Waals surface area (Å²) in [6.07, 6.45) is -4.29. The number of alkyl halides is 3. The van der Waals surface area contributed by atoms with E-state index in [-0.39, 0.29) is 11.6 Å². The fraction of sp³-hybridized carbons (Fsp3) is 0.500. The summed E-state index contributed by atoms with van der Waals surface area (Å²) >= 11 is 0. The van der Waals surface area contributed by atoms with Crippen LogP contribution in [0, 0.1) is 5.82 Å². The zero-order chi connectivity index (χ0) is 16.2. The monoisotopic (exact) mass is 306 g/mol. The molecule has 0 atom stereocenters. The van der Waals surface area contributed by atoms with Crippen molar-refractivity contribution in [3.63, 3.8) is 0 Å². The molecule has 7 heteroatoms. The van der Waals surface area contributed by atoms with Gasteiger partial charge < -0.3 is 10.6 Å². The van der Waals surface area contributed by atoms with Gasteiger partial charge in [0.15, 0.2) is 0 Å². The number of rotatable bonds is 5. The van der Waals surface area contributed by atoms with Crippen LogP contribution in [0.25, 0.3) is 0 Å². The van der Waals surface area contributed by atoms with Gasteiger partial charge >= 0.3 is 6.18 Å². The Kier molecular flexibility index (Phi) is 5.71. The van der Waals surface area contributed by atoms with Crippen molar-refractivity contribution in [2.45, 2.75) is 32.5 Å². The van der Waals surface area contributed by atoms with Gasteiger partial charge in [0.1, 0.15) is 5.82 Å². The van der Waals surface area contributed by atoms with Crippen molar-refractivity contribution in [1.29, 1.82) is 0 Å². The van der Waals surface area contributed by atoms with Crippen LogP contribution in [0.2, 0.25) is 0 Å². The number of amides is 1. The first-order valence-electron chi connectivity index (χ1n) is 6.56. The van der Waals surface area contributed by atoms with Gasteiger partial charge in [-0.25, -0.2) is 4.39 Å². The Balaban J connectivity index is 3.11. The smallest absolute Gasteiger partial charge is 0.336 e. The minimum Gasteiger partial charge on any atom is -0.336 e. The standard InChI is InChI=1S/C14H18F4N2O/c1-9(2)20(7-3-6-19)13(21)10-4-5-12(15)11(8-10)14(16,17)18/h4-5,8-9H,3,6-7,19H2,1-2H3. The van der Waals surface area contributed by atoms with E-state index in [1.165, 1.54) is 4.90 Å². The van der Waals surface area contributed by atoms with Gasteiger partial charge in [-0.15, -0.1) is 0 Å². The van der Waals surface area contributed by atoms with E-state index in [4.69, 9.17) is 5.73 Å². The summed E-state index contributed by atoms with van der Waals surface area (Å²) in [6.45, 7) is 4.21. The molecule has 0 aliphatic carbocycles. The number of carbonyl (C=O) groups excluding carboxylic acids is 1. The second-order valence-corrected chi connectivity index (χ2v) is 4.93. The number of hydrogen-bond donors (Lipinski definition) is 1. The molecule has 0 spiro atoms. The third-order valence-electron chi connectivity index (χ3n) is 3.01. The Morgan fingerprint density at radius 2 is 1.95 bits per heavy atom. The molecule has 21 heavy (non-hydrogen) atoms. The highest BCUT2D eigenvalue weighted by Crippen LogP contribution is 2.32. The van der Waals surface area contributed by atoms with Crippen LogP contribution >= 0.6 is 0 Å². The molecule has 0 saturated carbocycles. The van der Waals surface area contributed by atoms with Gasteiger partial charge in [0.05, 0.1) is 5.56 Å². The molecule has 0 aliphatic heterocycles. The summed E-state index contributed by atoms with van der Waals surface area (Å²) in [5, 5.41) is 0. The summed E-state index contributed by atoms with van der Waals surface area (Å²) in [5.74, 6) is -1.96. The van der Waals surface area contributed by atoms with Crippen LogP contribution in [0.15, 0.2) is 18.2 Å². The van der Waals surface area contributed by atoms with Crippen molar-refractivity contribution < 1.29 is 22.4 Å². The largest absolute Gasteiger partial charge is 0.419 e. The van der Waals surface area contributed by atoms with Gasteiger partial charge in [-0.1, -0.05) is 0 Å². The Hall–Kier alpha value is -1.63. The number of carbonyl (C=O) groups is 1. The first kappa shape index (κ1) is 17.4. The summed E-state index contributed by atoms with van der Waals surface area (Å²) in [7, 11) is 0. The van der Waals surface area contributed by atoms with Crippen molar-refractivity contribution in [2.75, 3.05) is 13.1 Å². The number of nitrogens with two attached hydrogens (primary N) is 1. The molecule has 1 aromatic carbocycles. The van der Waals surface area contributed by atoms with Gasteiger partial charge in [-0.3, -0.25) is 4.79 Å². The van der Waals surface area contributed by atoms with E-state index in [0.29, 0.717) is 31.6 Å². The fourth-order valence-electron chi connectivity index (χ4n) is 1.90. The molecule has 0 fully saturated rings. The molecule has 3 nitrogen and oxygen atoms in total. The lowest BCUT2D eigenvalue weighted by molar-refractivity contribution is -0.140. The van der Waals surface area contributed by atoms with E-state index in [0.717, 1.165) is 6.07 Å². The quantitative estimate of drug-likeness (QED) is 0.850. The van der Waals surface area contributed by atoms with Crippen molar-refractivity contribution >= 4 is 5.91 Å². The molecule has 118 valence electrons. The minimum absolute atomic E-state index is 0.186. The third-order valence-corrected chi connectivity index (χ3v) is 3.01. The maximum atomic E-state index is 13.2. The molecule has 0 aromatic heterocycles. The molecule has 0 unspecified atom stereocenters. The molecule has 0 saturated heterocycles. The number of nitrogens with zero attached hydrogens (tertiary/aromatic N) is 1. The second-order valence-electron chi connectivity index (χ2n) is 4.93. The molecule has 0 radical (unpaired) electrons. The van der Waals surface area contributed by atoms with Crippen LogP contribution in [0.1, 0.15) is 36.2 Å². The Morgan fingerprint density at radius 3 is 2.43 bits per heavy atom. The lowest BCUT2D eigenvalue weighted by Crippen LogP contribution is -2.38. The predicted molar refractivity (Wildman–Crippen MR) is 71.2 cm³/mol. The molecular formula is C14H18F4N2O. The Labute approximate surface area is 120 Å². The van der Waals surface area contributed by atoms with Gasteiger partial charge in [0, 0.05) is 18.2 Å². The molecule has 2 N–H and O–H groups in total. The SMILES string of the molecule is CC(C)N(CCCN)C(=O)c1ccc(F)c(C(F)(F)F)c1. The van der Waals surface area contributed by atoms with Crippen LogP contribution in [0.5, 0.6) is 0 Å². The fourth-order valence-corrected chi connectivity index (χ4v) is 1.90. The van der Waals surface area contributed by atoms with Crippen molar-refractivity contribution in [3.8, 4) is 0 Å². The highest BCUT2D eigenvalue weighted by molar-refractivity contribution is 5.94. The van der Waals surface area contributed by atoms with Crippen LogP contribution in [-0.2, 0) is 6.18 Å². The van der Waals surface area contributed by atoms with Crippen molar-refractivity contribution in [1.82, 2.24) is 4.90 Å². The minimum atomic E-state index is -4.83. The third kappa shape index (κ3) is 4.42. The summed E-state index contributed by atoms with van der Waals surface area (Å²) in [5.41, 5.74) is 3.76. The van der Waals surface area contributed by atoms with Crippen LogP contribution in [0.4, 0.5) is 17.6 Å². The first-order chi connectivity index (χ1) is 9.68. The lowest BCUT2D eigenvalue weighted by atomic mass is 10.1. The molecular weight excluding hydrogens is 288 g/mol. The van der Waals surface area contributed by atoms with Gasteiger partial charge in [0.2, 0.25) is 0 Å². The zero-order valence-corrected chi connectivity index (χ0v) is 11.9. The summed E-state index contributed by atoms with van der Waals surface area (Å²) in [4.78, 5) is 13.7. The lowest BCUT2D eigenvalue weighted by Gasteiger charge is -2.27. The van der Waals surface area contributed by atoms with Crippen molar-refractivity contribution in [3.05, 3.63) is 35.1 Å². The van der Waals surface area contributed by atoms with Crippen LogP contribution in [0.3, 0.4) is 0 Å². The molecule has 0 heterocycles. The van der Waals surface area contributed by atoms with E-state index in [1.807, 2.05) is 0 Å². The average Bonchev–Trinajstić information content (AvgIpc) is 2.37. The summed E-state index contributed by atoms with van der Waals surface area (Å²) < 4.78 is 51.2. The van der Waals surface area contributed by atoms with E-state index < -0.39 is 23.5 Å². The Morgan fingerprint density at radius 1 is 1.33 bits per heavy atom. The number of hydrogen-bond acceptors (Lipinski definition) is 2. The van der Waals surface area contributed by atoms with E-state index in [9.17, 15) is 22.4 Å². The van der Waals surface area contributed by atoms with Crippen LogP contribution in [-0.4, -0.2) is 29.9 Å². The maximum absolute atomic E-state index is 13.2. The molecule has 0 aliphatic rings. The predicted octanol–water partition coefficient (Wildman–Crippen LogP) is 3.04. The van der Waals surface area contributed by atoms with E-state index in [1.54, 1.807) is 13.8 Å².